The summed E-state index contributed by atoms with van der Waals surface area (Å²) in [6.07, 6.45) is -3.73. The van der Waals surface area contributed by atoms with Crippen LogP contribution in [0.1, 0.15) is 28.4 Å². The number of nitrogens with one attached hydrogen (secondary N) is 2. The molecule has 0 bridgehead atoms. The Morgan fingerprint density at radius 3 is 2.52 bits per heavy atom. The van der Waals surface area contributed by atoms with E-state index in [-0.39, 0.29) is 16.8 Å². The minimum Gasteiger partial charge on any atom is -0.340 e. The van der Waals surface area contributed by atoms with Gasteiger partial charge in [0.05, 0.1) is 16.7 Å². The van der Waals surface area contributed by atoms with Crippen LogP contribution in [0.15, 0.2) is 53.6 Å². The fourth-order valence-corrected chi connectivity index (χ4v) is 2.24. The highest BCUT2D eigenvalue weighted by Gasteiger charge is 2.32. The van der Waals surface area contributed by atoms with Crippen LogP contribution in [0.25, 0.3) is 0 Å². The lowest BCUT2D eigenvalue weighted by Gasteiger charge is -2.12. The van der Waals surface area contributed by atoms with Gasteiger partial charge in [0.1, 0.15) is 6.04 Å². The first-order valence-electron chi connectivity index (χ1n) is 8.14. The zero-order valence-electron chi connectivity index (χ0n) is 14.9. The predicted octanol–water partition coefficient (Wildman–Crippen LogP) is 2.88. The molecule has 0 unspecified atom stereocenters. The van der Waals surface area contributed by atoms with Crippen LogP contribution in [-0.4, -0.2) is 29.0 Å². The molecule has 0 heterocycles. The Morgan fingerprint density at radius 1 is 1.17 bits per heavy atom. The first kappa shape index (κ1) is 21.5. The highest BCUT2D eigenvalue weighted by Crippen LogP contribution is 2.31. The summed E-state index contributed by atoms with van der Waals surface area (Å²) in [5.41, 5.74) is 0.567. The van der Waals surface area contributed by atoms with Gasteiger partial charge in [-0.05, 0) is 19.1 Å². The average molecular weight is 408 g/mol. The van der Waals surface area contributed by atoms with E-state index in [4.69, 9.17) is 0 Å². The van der Waals surface area contributed by atoms with Gasteiger partial charge in [-0.15, -0.1) is 0 Å². The van der Waals surface area contributed by atoms with Gasteiger partial charge in [0, 0.05) is 23.3 Å². The second-order valence-electron chi connectivity index (χ2n) is 5.82. The number of non-ortho nitro benzene ring substituents is 1. The molecular formula is C18H15F3N4O4. The van der Waals surface area contributed by atoms with Crippen molar-refractivity contribution in [2.24, 2.45) is 5.10 Å². The lowest BCUT2D eigenvalue weighted by atomic mass is 10.1. The maximum atomic E-state index is 12.9. The number of nitro benzene ring substituents is 1. The zero-order chi connectivity index (χ0) is 21.6. The molecule has 2 rings (SSSR count). The summed E-state index contributed by atoms with van der Waals surface area (Å²) in [5.74, 6) is -1.52. The number of nitro groups is 1. The van der Waals surface area contributed by atoms with E-state index in [0.29, 0.717) is 0 Å². The molecule has 2 N–H and O–H groups in total. The molecule has 152 valence electrons. The van der Waals surface area contributed by atoms with E-state index in [9.17, 15) is 32.9 Å². The van der Waals surface area contributed by atoms with Crippen molar-refractivity contribution in [1.82, 2.24) is 10.7 Å². The number of rotatable bonds is 6. The molecule has 0 fully saturated rings. The Balaban J connectivity index is 2.00. The molecule has 2 aromatic rings. The topological polar surface area (TPSA) is 114 Å². The van der Waals surface area contributed by atoms with Crippen molar-refractivity contribution < 1.29 is 27.7 Å². The highest BCUT2D eigenvalue weighted by molar-refractivity contribution is 5.98. The van der Waals surface area contributed by atoms with Gasteiger partial charge in [-0.25, -0.2) is 5.43 Å². The van der Waals surface area contributed by atoms with Crippen LogP contribution < -0.4 is 10.7 Å². The smallest absolute Gasteiger partial charge is 0.340 e. The monoisotopic (exact) mass is 408 g/mol. The second-order valence-corrected chi connectivity index (χ2v) is 5.82. The maximum absolute atomic E-state index is 12.9. The SMILES string of the molecule is C[C@H](NC(=O)c1cccc([N+](=O)[O-])c1)C(=O)N/N=C\c1ccccc1C(F)(F)F. The van der Waals surface area contributed by atoms with E-state index in [0.717, 1.165) is 18.3 Å². The first-order chi connectivity index (χ1) is 13.6. The Kier molecular flexibility index (Phi) is 6.65. The van der Waals surface area contributed by atoms with Crippen molar-refractivity contribution >= 4 is 23.7 Å². The summed E-state index contributed by atoms with van der Waals surface area (Å²) in [6.45, 7) is 1.32. The van der Waals surface area contributed by atoms with Crippen LogP contribution in [0.4, 0.5) is 18.9 Å². The van der Waals surface area contributed by atoms with E-state index in [1.807, 2.05) is 5.43 Å². The molecule has 0 aliphatic heterocycles. The van der Waals surface area contributed by atoms with Crippen LogP contribution in [0.2, 0.25) is 0 Å². The molecule has 29 heavy (non-hydrogen) atoms. The van der Waals surface area contributed by atoms with Gasteiger partial charge < -0.3 is 5.32 Å². The average Bonchev–Trinajstić information content (AvgIpc) is 2.67. The van der Waals surface area contributed by atoms with Crippen molar-refractivity contribution in [2.75, 3.05) is 0 Å². The number of carbonyl (C=O) groups excluding carboxylic acids is 2. The maximum Gasteiger partial charge on any atom is 0.417 e. The summed E-state index contributed by atoms with van der Waals surface area (Å²) in [7, 11) is 0. The number of hydrogen-bond donors (Lipinski definition) is 2. The Bertz CT molecular complexity index is 960. The molecule has 2 amide bonds. The van der Waals surface area contributed by atoms with Gasteiger partial charge in [0.25, 0.3) is 17.5 Å². The van der Waals surface area contributed by atoms with Gasteiger partial charge in [-0.3, -0.25) is 19.7 Å². The Labute approximate surface area is 162 Å². The third-order valence-corrected chi connectivity index (χ3v) is 3.70. The minimum absolute atomic E-state index is 0.0264. The normalized spacial score (nSPS) is 12.4. The lowest BCUT2D eigenvalue weighted by molar-refractivity contribution is -0.384. The standard InChI is InChI=1S/C18H15F3N4O4/c1-11(23-17(27)12-6-4-7-14(9-12)25(28)29)16(26)24-22-10-13-5-2-3-8-15(13)18(19,20)21/h2-11H,1H3,(H,23,27)(H,24,26)/b22-10-/t11-/m0/s1. The molecule has 0 aliphatic carbocycles. The van der Waals surface area contributed by atoms with E-state index >= 15 is 0 Å². The molecule has 11 heteroatoms. The lowest BCUT2D eigenvalue weighted by Crippen LogP contribution is -2.43. The molecule has 8 nitrogen and oxygen atoms in total. The summed E-state index contributed by atoms with van der Waals surface area (Å²) in [6, 6.07) is 8.49. The number of benzene rings is 2. The van der Waals surface area contributed by atoms with Gasteiger partial charge >= 0.3 is 6.18 Å². The Morgan fingerprint density at radius 2 is 1.86 bits per heavy atom. The third-order valence-electron chi connectivity index (χ3n) is 3.70. The van der Waals surface area contributed by atoms with Gasteiger partial charge in [-0.2, -0.15) is 18.3 Å². The number of alkyl halides is 3. The van der Waals surface area contributed by atoms with Gasteiger partial charge in [-0.1, -0.05) is 24.3 Å². The minimum atomic E-state index is -4.58. The van der Waals surface area contributed by atoms with E-state index in [2.05, 4.69) is 10.4 Å². The fraction of sp³-hybridized carbons (Fsp3) is 0.167. The summed E-state index contributed by atoms with van der Waals surface area (Å²) in [5, 5.41) is 16.6. The number of halogens is 3. The molecule has 2 aromatic carbocycles. The fourth-order valence-electron chi connectivity index (χ4n) is 2.24. The number of nitrogens with zero attached hydrogens (tertiary/aromatic N) is 2. The van der Waals surface area contributed by atoms with Crippen molar-refractivity contribution in [2.45, 2.75) is 19.1 Å². The predicted molar refractivity (Wildman–Crippen MR) is 97.2 cm³/mol. The summed E-state index contributed by atoms with van der Waals surface area (Å²) < 4.78 is 38.7. The molecule has 0 saturated heterocycles. The van der Waals surface area contributed by atoms with Crippen LogP contribution in [0.5, 0.6) is 0 Å². The van der Waals surface area contributed by atoms with E-state index in [1.54, 1.807) is 0 Å². The summed E-state index contributed by atoms with van der Waals surface area (Å²) in [4.78, 5) is 34.2. The van der Waals surface area contributed by atoms with Crippen molar-refractivity contribution in [1.29, 1.82) is 0 Å². The van der Waals surface area contributed by atoms with Crippen LogP contribution in [0, 0.1) is 10.1 Å². The number of carbonyl (C=O) groups is 2. The van der Waals surface area contributed by atoms with Crippen molar-refractivity contribution in [3.8, 4) is 0 Å². The molecular weight excluding hydrogens is 393 g/mol. The second kappa shape index (κ2) is 8.95. The van der Waals surface area contributed by atoms with Crippen molar-refractivity contribution in [3.63, 3.8) is 0 Å². The molecule has 0 radical (unpaired) electrons. The van der Waals surface area contributed by atoms with E-state index < -0.39 is 34.5 Å². The third kappa shape index (κ3) is 5.86. The number of hydrogen-bond acceptors (Lipinski definition) is 5. The largest absolute Gasteiger partial charge is 0.417 e. The highest BCUT2D eigenvalue weighted by atomic mass is 19.4. The van der Waals surface area contributed by atoms with Crippen LogP contribution in [0.3, 0.4) is 0 Å². The van der Waals surface area contributed by atoms with Crippen molar-refractivity contribution in [3.05, 3.63) is 75.3 Å². The number of amides is 2. The van der Waals surface area contributed by atoms with Crippen LogP contribution >= 0.6 is 0 Å². The Hall–Kier alpha value is -3.76. The molecule has 0 spiro atoms. The summed E-state index contributed by atoms with van der Waals surface area (Å²) >= 11 is 0. The van der Waals surface area contributed by atoms with Crippen LogP contribution in [-0.2, 0) is 11.0 Å². The van der Waals surface area contributed by atoms with Gasteiger partial charge in [0.2, 0.25) is 0 Å². The molecule has 0 aromatic heterocycles. The molecule has 1 atom stereocenters. The number of hydrazone groups is 1. The van der Waals surface area contributed by atoms with Gasteiger partial charge in [0.15, 0.2) is 0 Å². The zero-order valence-corrected chi connectivity index (χ0v) is 14.9. The first-order valence-corrected chi connectivity index (χ1v) is 8.14. The molecule has 0 aliphatic rings. The van der Waals surface area contributed by atoms with E-state index in [1.165, 1.54) is 43.3 Å². The molecule has 0 saturated carbocycles. The quantitative estimate of drug-likeness (QED) is 0.435.